The van der Waals surface area contributed by atoms with E-state index in [1.54, 1.807) is 0 Å². The summed E-state index contributed by atoms with van der Waals surface area (Å²) in [5.41, 5.74) is 2.37. The van der Waals surface area contributed by atoms with Crippen LogP contribution in [0.2, 0.25) is 0 Å². The molecule has 0 radical (unpaired) electrons. The summed E-state index contributed by atoms with van der Waals surface area (Å²) in [4.78, 5) is 0. The van der Waals surface area contributed by atoms with Crippen molar-refractivity contribution in [2.45, 2.75) is 11.3 Å². The van der Waals surface area contributed by atoms with E-state index in [1.165, 1.54) is 5.56 Å². The highest BCUT2D eigenvalue weighted by Crippen LogP contribution is 2.44. The van der Waals surface area contributed by atoms with Gasteiger partial charge in [-0.1, -0.05) is 48.5 Å². The molecule has 1 aliphatic rings. The molecule has 2 aromatic rings. The number of fused-ring (bicyclic) bond motifs is 1. The van der Waals surface area contributed by atoms with Crippen LogP contribution >= 0.6 is 11.6 Å². The number of hydrogen-bond acceptors (Lipinski definition) is 1. The minimum Gasteiger partial charge on any atom is -0.493 e. The summed E-state index contributed by atoms with van der Waals surface area (Å²) in [5, 5.41) is -0.0279. The summed E-state index contributed by atoms with van der Waals surface area (Å²) in [5.74, 6) is 1.22. The van der Waals surface area contributed by atoms with E-state index in [4.69, 9.17) is 16.3 Å². The molecule has 1 aliphatic heterocycles. The molecule has 0 saturated carbocycles. The van der Waals surface area contributed by atoms with E-state index in [1.807, 2.05) is 36.4 Å². The largest absolute Gasteiger partial charge is 0.493 e. The molecule has 0 saturated heterocycles. The molecule has 86 valence electrons. The summed E-state index contributed by atoms with van der Waals surface area (Å²) in [6, 6.07) is 18.3. The summed E-state index contributed by atoms with van der Waals surface area (Å²) >= 11 is 6.56. The van der Waals surface area contributed by atoms with Gasteiger partial charge in [-0.25, -0.2) is 0 Å². The van der Waals surface area contributed by atoms with Gasteiger partial charge in [0.05, 0.1) is 12.0 Å². The van der Waals surface area contributed by atoms with Crippen LogP contribution < -0.4 is 4.74 Å². The molecule has 0 aromatic heterocycles. The van der Waals surface area contributed by atoms with E-state index in [9.17, 15) is 0 Å². The predicted octanol–water partition coefficient (Wildman–Crippen LogP) is 4.14. The SMILES string of the molecule is ClC(c1ccccc1)C1COc2ccccc21. The lowest BCUT2D eigenvalue weighted by Crippen LogP contribution is -2.07. The van der Waals surface area contributed by atoms with Crippen LogP contribution in [0.3, 0.4) is 0 Å². The Morgan fingerprint density at radius 3 is 2.53 bits per heavy atom. The second-order valence-electron chi connectivity index (χ2n) is 4.27. The Hall–Kier alpha value is -1.47. The van der Waals surface area contributed by atoms with Crippen LogP contribution in [-0.2, 0) is 0 Å². The first-order valence-corrected chi connectivity index (χ1v) is 6.20. The fraction of sp³-hybridized carbons (Fsp3) is 0.200. The molecule has 0 fully saturated rings. The first kappa shape index (κ1) is 10.7. The van der Waals surface area contributed by atoms with Gasteiger partial charge >= 0.3 is 0 Å². The average molecular weight is 245 g/mol. The predicted molar refractivity (Wildman–Crippen MR) is 69.7 cm³/mol. The molecule has 0 amide bonds. The quantitative estimate of drug-likeness (QED) is 0.722. The Balaban J connectivity index is 1.92. The van der Waals surface area contributed by atoms with Crippen molar-refractivity contribution in [1.29, 1.82) is 0 Å². The molecule has 2 heteroatoms. The number of hydrogen-bond donors (Lipinski definition) is 0. The Morgan fingerprint density at radius 1 is 1.00 bits per heavy atom. The topological polar surface area (TPSA) is 9.23 Å². The van der Waals surface area contributed by atoms with E-state index in [0.717, 1.165) is 11.3 Å². The van der Waals surface area contributed by atoms with E-state index in [-0.39, 0.29) is 11.3 Å². The smallest absolute Gasteiger partial charge is 0.122 e. The van der Waals surface area contributed by atoms with Crippen LogP contribution in [0, 0.1) is 0 Å². The van der Waals surface area contributed by atoms with Gasteiger partial charge in [-0.2, -0.15) is 0 Å². The third kappa shape index (κ3) is 1.91. The fourth-order valence-electron chi connectivity index (χ4n) is 2.30. The Bertz CT molecular complexity index is 509. The summed E-state index contributed by atoms with van der Waals surface area (Å²) < 4.78 is 5.67. The first-order chi connectivity index (χ1) is 8.36. The van der Waals surface area contributed by atoms with E-state index >= 15 is 0 Å². The highest BCUT2D eigenvalue weighted by Gasteiger charge is 2.30. The van der Waals surface area contributed by atoms with Crippen LogP contribution in [0.5, 0.6) is 5.75 Å². The van der Waals surface area contributed by atoms with E-state index in [2.05, 4.69) is 18.2 Å². The lowest BCUT2D eigenvalue weighted by Gasteiger charge is -2.16. The van der Waals surface area contributed by atoms with Gasteiger partial charge < -0.3 is 4.74 Å². The van der Waals surface area contributed by atoms with Gasteiger partial charge in [-0.3, -0.25) is 0 Å². The van der Waals surface area contributed by atoms with E-state index < -0.39 is 0 Å². The maximum absolute atomic E-state index is 6.56. The van der Waals surface area contributed by atoms with Gasteiger partial charge in [-0.05, 0) is 11.6 Å². The molecule has 17 heavy (non-hydrogen) atoms. The normalized spacial score (nSPS) is 19.5. The van der Waals surface area contributed by atoms with Gasteiger partial charge in [0.1, 0.15) is 5.75 Å². The Morgan fingerprint density at radius 2 is 1.71 bits per heavy atom. The standard InChI is InChI=1S/C15H13ClO/c16-15(11-6-2-1-3-7-11)13-10-17-14-9-5-4-8-12(13)14/h1-9,13,15H,10H2. The lowest BCUT2D eigenvalue weighted by atomic mass is 9.93. The molecule has 3 rings (SSSR count). The minimum absolute atomic E-state index is 0.0279. The molecule has 1 heterocycles. The van der Waals surface area contributed by atoms with Crippen LogP contribution in [0.25, 0.3) is 0 Å². The minimum atomic E-state index is -0.0279. The van der Waals surface area contributed by atoms with Crippen molar-refractivity contribution in [3.63, 3.8) is 0 Å². The Labute approximate surface area is 106 Å². The first-order valence-electron chi connectivity index (χ1n) is 5.77. The average Bonchev–Trinajstić information content (AvgIpc) is 2.83. The number of halogens is 1. The molecule has 0 aliphatic carbocycles. The summed E-state index contributed by atoms with van der Waals surface area (Å²) in [6.07, 6.45) is 0. The molecule has 1 nitrogen and oxygen atoms in total. The second-order valence-corrected chi connectivity index (χ2v) is 4.74. The van der Waals surface area contributed by atoms with Crippen molar-refractivity contribution in [2.75, 3.05) is 6.61 Å². The van der Waals surface area contributed by atoms with Crippen LogP contribution in [0.1, 0.15) is 22.4 Å². The summed E-state index contributed by atoms with van der Waals surface area (Å²) in [7, 11) is 0. The molecular formula is C15H13ClO. The maximum atomic E-state index is 6.56. The van der Waals surface area contributed by atoms with Crippen molar-refractivity contribution in [3.8, 4) is 5.75 Å². The van der Waals surface area contributed by atoms with Gasteiger partial charge in [0.2, 0.25) is 0 Å². The van der Waals surface area contributed by atoms with Crippen LogP contribution in [-0.4, -0.2) is 6.61 Å². The Kier molecular flexibility index (Phi) is 2.77. The fourth-order valence-corrected chi connectivity index (χ4v) is 2.65. The molecule has 2 unspecified atom stereocenters. The molecule has 0 bridgehead atoms. The van der Waals surface area contributed by atoms with Crippen molar-refractivity contribution in [1.82, 2.24) is 0 Å². The molecule has 0 N–H and O–H groups in total. The van der Waals surface area contributed by atoms with Crippen LogP contribution in [0.4, 0.5) is 0 Å². The number of ether oxygens (including phenoxy) is 1. The zero-order valence-corrected chi connectivity index (χ0v) is 10.1. The van der Waals surface area contributed by atoms with Crippen molar-refractivity contribution in [2.24, 2.45) is 0 Å². The number of para-hydroxylation sites is 1. The lowest BCUT2D eigenvalue weighted by molar-refractivity contribution is 0.328. The third-order valence-corrected chi connectivity index (χ3v) is 3.76. The molecule has 0 spiro atoms. The number of benzene rings is 2. The van der Waals surface area contributed by atoms with Crippen molar-refractivity contribution in [3.05, 3.63) is 65.7 Å². The number of alkyl halides is 1. The second kappa shape index (κ2) is 4.42. The van der Waals surface area contributed by atoms with Gasteiger partial charge in [-0.15, -0.1) is 11.6 Å². The van der Waals surface area contributed by atoms with Gasteiger partial charge in [0.25, 0.3) is 0 Å². The highest BCUT2D eigenvalue weighted by atomic mass is 35.5. The molecule has 2 aromatic carbocycles. The highest BCUT2D eigenvalue weighted by molar-refractivity contribution is 6.21. The molecule has 2 atom stereocenters. The van der Waals surface area contributed by atoms with E-state index in [0.29, 0.717) is 6.61 Å². The monoisotopic (exact) mass is 244 g/mol. The molecular weight excluding hydrogens is 232 g/mol. The van der Waals surface area contributed by atoms with Crippen molar-refractivity contribution < 1.29 is 4.74 Å². The van der Waals surface area contributed by atoms with Gasteiger partial charge in [0.15, 0.2) is 0 Å². The third-order valence-electron chi connectivity index (χ3n) is 3.21. The van der Waals surface area contributed by atoms with Gasteiger partial charge in [0, 0.05) is 11.5 Å². The van der Waals surface area contributed by atoms with Crippen LogP contribution in [0.15, 0.2) is 54.6 Å². The zero-order valence-electron chi connectivity index (χ0n) is 9.34. The summed E-state index contributed by atoms with van der Waals surface area (Å²) in [6.45, 7) is 0.669. The van der Waals surface area contributed by atoms with Crippen molar-refractivity contribution >= 4 is 11.6 Å². The number of rotatable bonds is 2. The maximum Gasteiger partial charge on any atom is 0.122 e. The zero-order chi connectivity index (χ0) is 11.7.